The van der Waals surface area contributed by atoms with Crippen molar-refractivity contribution in [3.8, 4) is 0 Å². The van der Waals surface area contributed by atoms with Crippen LogP contribution in [0.5, 0.6) is 0 Å². The topological polar surface area (TPSA) is 51.1 Å². The Hall–Kier alpha value is -2.43. The van der Waals surface area contributed by atoms with Gasteiger partial charge in [0.1, 0.15) is 11.4 Å². The lowest BCUT2D eigenvalue weighted by Crippen LogP contribution is -2.36. The van der Waals surface area contributed by atoms with Gasteiger partial charge in [0, 0.05) is 12.2 Å². The number of hydrogen-bond donors (Lipinski definition) is 1. The number of rotatable bonds is 5. The number of amides is 1. The Kier molecular flexibility index (Phi) is 5.32. The number of pyridine rings is 1. The van der Waals surface area contributed by atoms with E-state index in [-0.39, 0.29) is 28.9 Å². The third kappa shape index (κ3) is 4.28. The molecule has 0 radical (unpaired) electrons. The molecule has 1 amide bonds. The van der Waals surface area contributed by atoms with Crippen LogP contribution < -0.4 is 10.9 Å². The van der Waals surface area contributed by atoms with Crippen molar-refractivity contribution >= 4 is 5.91 Å². The van der Waals surface area contributed by atoms with Gasteiger partial charge in [-0.15, -0.1) is 0 Å². The van der Waals surface area contributed by atoms with Crippen LogP contribution in [-0.4, -0.2) is 16.5 Å². The molecule has 0 aliphatic heterocycles. The van der Waals surface area contributed by atoms with Crippen LogP contribution in [0.25, 0.3) is 0 Å². The first kappa shape index (κ1) is 16.9. The predicted octanol–water partition coefficient (Wildman–Crippen LogP) is 2.74. The van der Waals surface area contributed by atoms with E-state index < -0.39 is 0 Å². The molecule has 1 N–H and O–H groups in total. The van der Waals surface area contributed by atoms with Crippen LogP contribution in [0.4, 0.5) is 4.39 Å². The van der Waals surface area contributed by atoms with Crippen molar-refractivity contribution in [2.45, 2.75) is 39.8 Å². The lowest BCUT2D eigenvalue weighted by atomic mass is 10.1. The van der Waals surface area contributed by atoms with Crippen LogP contribution in [0, 0.1) is 5.82 Å². The Labute approximate surface area is 135 Å². The Morgan fingerprint density at radius 3 is 2.43 bits per heavy atom. The zero-order valence-electron chi connectivity index (χ0n) is 13.6. The smallest absolute Gasteiger partial charge is 0.263 e. The summed E-state index contributed by atoms with van der Waals surface area (Å²) >= 11 is 0. The molecule has 1 aromatic heterocycles. The summed E-state index contributed by atoms with van der Waals surface area (Å²) in [5, 5.41) is 2.75. The van der Waals surface area contributed by atoms with Gasteiger partial charge in [0.25, 0.3) is 11.5 Å². The third-order valence-electron chi connectivity index (χ3n) is 3.48. The van der Waals surface area contributed by atoms with Gasteiger partial charge in [-0.3, -0.25) is 9.59 Å². The van der Waals surface area contributed by atoms with Crippen LogP contribution in [-0.2, 0) is 13.0 Å². The van der Waals surface area contributed by atoms with Gasteiger partial charge in [-0.25, -0.2) is 4.39 Å². The first-order valence-electron chi connectivity index (χ1n) is 7.69. The average molecular weight is 316 g/mol. The van der Waals surface area contributed by atoms with Crippen LogP contribution in [0.1, 0.15) is 42.3 Å². The van der Waals surface area contributed by atoms with E-state index in [2.05, 4.69) is 5.32 Å². The van der Waals surface area contributed by atoms with E-state index in [4.69, 9.17) is 0 Å². The minimum atomic E-state index is -0.367. The maximum atomic E-state index is 13.0. The maximum Gasteiger partial charge on any atom is 0.263 e. The fraction of sp³-hybridized carbons (Fsp3) is 0.333. The van der Waals surface area contributed by atoms with Gasteiger partial charge in [-0.05, 0) is 49.6 Å². The van der Waals surface area contributed by atoms with Gasteiger partial charge in [-0.1, -0.05) is 19.1 Å². The minimum Gasteiger partial charge on any atom is -0.350 e. The van der Waals surface area contributed by atoms with Gasteiger partial charge < -0.3 is 9.88 Å². The molecule has 2 aromatic rings. The standard InChI is InChI=1S/C18H21FN2O2/c1-4-13-9-16(17(22)20-12(2)3)18(23)21(10-13)11-14-5-7-15(19)8-6-14/h5-10,12H,4,11H2,1-3H3,(H,20,22). The molecular formula is C18H21FN2O2. The Balaban J connectivity index is 2.41. The number of aryl methyl sites for hydroxylation is 1. The Morgan fingerprint density at radius 1 is 1.22 bits per heavy atom. The lowest BCUT2D eigenvalue weighted by molar-refractivity contribution is 0.0941. The second-order valence-corrected chi connectivity index (χ2v) is 5.80. The van der Waals surface area contributed by atoms with E-state index >= 15 is 0 Å². The minimum absolute atomic E-state index is 0.0438. The monoisotopic (exact) mass is 316 g/mol. The molecule has 0 fully saturated rings. The molecule has 0 bridgehead atoms. The summed E-state index contributed by atoms with van der Waals surface area (Å²) in [7, 11) is 0. The Morgan fingerprint density at radius 2 is 1.87 bits per heavy atom. The first-order chi connectivity index (χ1) is 10.9. The molecule has 2 rings (SSSR count). The van der Waals surface area contributed by atoms with Gasteiger partial charge in [-0.2, -0.15) is 0 Å². The quantitative estimate of drug-likeness (QED) is 0.922. The zero-order chi connectivity index (χ0) is 17.0. The summed E-state index contributed by atoms with van der Waals surface area (Å²) in [6.07, 6.45) is 2.46. The van der Waals surface area contributed by atoms with Gasteiger partial charge in [0.15, 0.2) is 0 Å². The van der Waals surface area contributed by atoms with Crippen LogP contribution in [0.15, 0.2) is 41.3 Å². The molecule has 0 aliphatic carbocycles. The highest BCUT2D eigenvalue weighted by Gasteiger charge is 2.15. The molecule has 1 heterocycles. The molecule has 1 aromatic carbocycles. The Bertz CT molecular complexity index is 749. The molecule has 122 valence electrons. The van der Waals surface area contributed by atoms with E-state index in [0.717, 1.165) is 11.1 Å². The molecule has 0 atom stereocenters. The highest BCUT2D eigenvalue weighted by atomic mass is 19.1. The van der Waals surface area contributed by atoms with Crippen molar-refractivity contribution in [3.63, 3.8) is 0 Å². The number of nitrogens with one attached hydrogen (secondary N) is 1. The predicted molar refractivity (Wildman–Crippen MR) is 88.2 cm³/mol. The molecular weight excluding hydrogens is 295 g/mol. The van der Waals surface area contributed by atoms with E-state index in [0.29, 0.717) is 13.0 Å². The third-order valence-corrected chi connectivity index (χ3v) is 3.48. The normalized spacial score (nSPS) is 10.8. The van der Waals surface area contributed by atoms with Crippen molar-refractivity contribution in [2.24, 2.45) is 0 Å². The van der Waals surface area contributed by atoms with Crippen LogP contribution in [0.3, 0.4) is 0 Å². The molecule has 5 heteroatoms. The number of nitrogens with zero attached hydrogens (tertiary/aromatic N) is 1. The van der Waals surface area contributed by atoms with Crippen LogP contribution >= 0.6 is 0 Å². The zero-order valence-corrected chi connectivity index (χ0v) is 13.6. The van der Waals surface area contributed by atoms with Crippen LogP contribution in [0.2, 0.25) is 0 Å². The van der Waals surface area contributed by atoms with E-state index in [9.17, 15) is 14.0 Å². The van der Waals surface area contributed by atoms with Crippen molar-refractivity contribution in [2.75, 3.05) is 0 Å². The summed E-state index contributed by atoms with van der Waals surface area (Å²) in [6, 6.07) is 7.58. The molecule has 0 spiro atoms. The largest absolute Gasteiger partial charge is 0.350 e. The molecule has 0 aliphatic rings. The first-order valence-corrected chi connectivity index (χ1v) is 7.69. The summed E-state index contributed by atoms with van der Waals surface area (Å²) in [4.78, 5) is 24.8. The second-order valence-electron chi connectivity index (χ2n) is 5.80. The highest BCUT2D eigenvalue weighted by molar-refractivity contribution is 5.94. The van der Waals surface area contributed by atoms with E-state index in [1.165, 1.54) is 16.7 Å². The fourth-order valence-corrected chi connectivity index (χ4v) is 2.30. The number of carbonyl (C=O) groups is 1. The number of aromatic nitrogens is 1. The molecule has 23 heavy (non-hydrogen) atoms. The number of hydrogen-bond acceptors (Lipinski definition) is 2. The number of halogens is 1. The van der Waals surface area contributed by atoms with Crippen molar-refractivity contribution < 1.29 is 9.18 Å². The van der Waals surface area contributed by atoms with Gasteiger partial charge in [0.2, 0.25) is 0 Å². The lowest BCUT2D eigenvalue weighted by Gasteiger charge is -2.13. The molecule has 4 nitrogen and oxygen atoms in total. The van der Waals surface area contributed by atoms with Gasteiger partial charge in [0.05, 0.1) is 6.54 Å². The van der Waals surface area contributed by atoms with Crippen molar-refractivity contribution in [1.82, 2.24) is 9.88 Å². The maximum absolute atomic E-state index is 13.0. The van der Waals surface area contributed by atoms with Crippen molar-refractivity contribution in [3.05, 3.63) is 69.4 Å². The second kappa shape index (κ2) is 7.22. The fourth-order valence-electron chi connectivity index (χ4n) is 2.30. The number of benzene rings is 1. The summed E-state index contributed by atoms with van der Waals surface area (Å²) < 4.78 is 14.5. The number of carbonyl (C=O) groups excluding carboxylic acids is 1. The highest BCUT2D eigenvalue weighted by Crippen LogP contribution is 2.07. The SMILES string of the molecule is CCc1cc(C(=O)NC(C)C)c(=O)n(Cc2ccc(F)cc2)c1. The van der Waals surface area contributed by atoms with E-state index in [1.807, 2.05) is 20.8 Å². The summed E-state index contributed by atoms with van der Waals surface area (Å²) in [5.41, 5.74) is 1.50. The van der Waals surface area contributed by atoms with Crippen molar-refractivity contribution in [1.29, 1.82) is 0 Å². The van der Waals surface area contributed by atoms with Gasteiger partial charge >= 0.3 is 0 Å². The molecule has 0 saturated carbocycles. The summed E-state index contributed by atoms with van der Waals surface area (Å²) in [6.45, 7) is 5.96. The summed E-state index contributed by atoms with van der Waals surface area (Å²) in [5.74, 6) is -0.687. The average Bonchev–Trinajstić information content (AvgIpc) is 2.50. The molecule has 0 unspecified atom stereocenters. The molecule has 0 saturated heterocycles. The van der Waals surface area contributed by atoms with E-state index in [1.54, 1.807) is 24.4 Å².